The largest absolute Gasteiger partial charge is 0.354 e. The van der Waals surface area contributed by atoms with Crippen molar-refractivity contribution in [2.45, 2.75) is 25.3 Å². The van der Waals surface area contributed by atoms with Gasteiger partial charge in [0.1, 0.15) is 0 Å². The summed E-state index contributed by atoms with van der Waals surface area (Å²) >= 11 is 1.58. The summed E-state index contributed by atoms with van der Waals surface area (Å²) in [5.74, 6) is 0.465. The van der Waals surface area contributed by atoms with E-state index >= 15 is 0 Å². The number of thiazole rings is 1. The third-order valence-electron chi connectivity index (χ3n) is 4.27. The van der Waals surface area contributed by atoms with E-state index in [-0.39, 0.29) is 5.91 Å². The molecule has 0 bridgehead atoms. The molecule has 3 rings (SSSR count). The Kier molecular flexibility index (Phi) is 5.48. The maximum Gasteiger partial charge on any atom is 0.251 e. The van der Waals surface area contributed by atoms with E-state index in [1.165, 1.54) is 18.4 Å². The molecule has 1 aromatic carbocycles. The number of hydrogen-bond donors (Lipinski definition) is 2. The SMILES string of the molecule is CN(C)c1nc(CNC(=O)c2cccc([C@@H]3CCCNC3)c2)cs1. The number of carbonyl (C=O) groups excluding carboxylic acids is 1. The predicted octanol–water partition coefficient (Wildman–Crippen LogP) is 2.61. The summed E-state index contributed by atoms with van der Waals surface area (Å²) in [6.07, 6.45) is 2.38. The van der Waals surface area contributed by atoms with Gasteiger partial charge in [-0.05, 0) is 43.0 Å². The number of nitrogens with zero attached hydrogens (tertiary/aromatic N) is 2. The zero-order valence-electron chi connectivity index (χ0n) is 14.2. The fourth-order valence-electron chi connectivity index (χ4n) is 2.93. The van der Waals surface area contributed by atoms with E-state index < -0.39 is 0 Å². The molecular formula is C18H24N4OS. The molecule has 24 heavy (non-hydrogen) atoms. The molecular weight excluding hydrogens is 320 g/mol. The predicted molar refractivity (Wildman–Crippen MR) is 98.9 cm³/mol. The van der Waals surface area contributed by atoms with E-state index in [0.717, 1.165) is 29.5 Å². The second-order valence-electron chi connectivity index (χ2n) is 6.37. The number of amides is 1. The smallest absolute Gasteiger partial charge is 0.251 e. The minimum atomic E-state index is -0.0416. The molecule has 0 aliphatic carbocycles. The molecule has 2 aromatic rings. The van der Waals surface area contributed by atoms with Crippen LogP contribution in [0, 0.1) is 0 Å². The van der Waals surface area contributed by atoms with Crippen molar-refractivity contribution < 1.29 is 4.79 Å². The molecule has 5 nitrogen and oxygen atoms in total. The van der Waals surface area contributed by atoms with Crippen molar-refractivity contribution in [3.8, 4) is 0 Å². The Labute approximate surface area is 147 Å². The highest BCUT2D eigenvalue weighted by atomic mass is 32.1. The number of nitrogens with one attached hydrogen (secondary N) is 2. The molecule has 1 fully saturated rings. The van der Waals surface area contributed by atoms with Crippen LogP contribution in [0.15, 0.2) is 29.6 Å². The van der Waals surface area contributed by atoms with Gasteiger partial charge in [0.15, 0.2) is 5.13 Å². The first-order chi connectivity index (χ1) is 11.6. The van der Waals surface area contributed by atoms with Crippen LogP contribution in [0.2, 0.25) is 0 Å². The fraction of sp³-hybridized carbons (Fsp3) is 0.444. The van der Waals surface area contributed by atoms with Gasteiger partial charge in [0.2, 0.25) is 0 Å². The lowest BCUT2D eigenvalue weighted by Gasteiger charge is -2.23. The minimum Gasteiger partial charge on any atom is -0.354 e. The third kappa shape index (κ3) is 4.13. The maximum absolute atomic E-state index is 12.4. The van der Waals surface area contributed by atoms with Gasteiger partial charge in [-0.3, -0.25) is 4.79 Å². The van der Waals surface area contributed by atoms with Crippen LogP contribution in [-0.2, 0) is 6.54 Å². The van der Waals surface area contributed by atoms with Gasteiger partial charge < -0.3 is 15.5 Å². The van der Waals surface area contributed by atoms with Crippen molar-refractivity contribution in [3.05, 3.63) is 46.5 Å². The summed E-state index contributed by atoms with van der Waals surface area (Å²) < 4.78 is 0. The molecule has 0 unspecified atom stereocenters. The van der Waals surface area contributed by atoms with Crippen LogP contribution in [-0.4, -0.2) is 38.1 Å². The standard InChI is InChI=1S/C18H24N4OS/c1-22(2)18-21-16(12-24-18)11-20-17(23)14-6-3-5-13(9-14)15-7-4-8-19-10-15/h3,5-6,9,12,15,19H,4,7-8,10-11H2,1-2H3,(H,20,23)/t15-/m1/s1. The van der Waals surface area contributed by atoms with Crippen LogP contribution in [0.4, 0.5) is 5.13 Å². The maximum atomic E-state index is 12.4. The average Bonchev–Trinajstić information content (AvgIpc) is 3.10. The molecule has 1 aliphatic heterocycles. The van der Waals surface area contributed by atoms with Gasteiger partial charge in [-0.25, -0.2) is 4.98 Å². The van der Waals surface area contributed by atoms with Gasteiger partial charge in [-0.15, -0.1) is 11.3 Å². The molecule has 0 spiro atoms. The molecule has 1 aliphatic rings. The fourth-order valence-corrected chi connectivity index (χ4v) is 3.68. The second-order valence-corrected chi connectivity index (χ2v) is 7.20. The first-order valence-electron chi connectivity index (χ1n) is 8.34. The topological polar surface area (TPSA) is 57.3 Å². The Bertz CT molecular complexity index is 692. The van der Waals surface area contributed by atoms with Gasteiger partial charge in [-0.1, -0.05) is 12.1 Å². The third-order valence-corrected chi connectivity index (χ3v) is 5.33. The molecule has 128 valence electrons. The van der Waals surface area contributed by atoms with Gasteiger partial charge in [-0.2, -0.15) is 0 Å². The van der Waals surface area contributed by atoms with E-state index in [0.29, 0.717) is 12.5 Å². The lowest BCUT2D eigenvalue weighted by atomic mass is 9.90. The highest BCUT2D eigenvalue weighted by Crippen LogP contribution is 2.24. The number of aromatic nitrogens is 1. The summed E-state index contributed by atoms with van der Waals surface area (Å²) in [5, 5.41) is 9.33. The first kappa shape index (κ1) is 16.9. The number of anilines is 1. The molecule has 6 heteroatoms. The Hall–Kier alpha value is -1.92. The van der Waals surface area contributed by atoms with Gasteiger partial charge in [0.05, 0.1) is 12.2 Å². The molecule has 2 heterocycles. The van der Waals surface area contributed by atoms with Crippen molar-refractivity contribution in [2.75, 3.05) is 32.1 Å². The van der Waals surface area contributed by atoms with E-state index in [2.05, 4.69) is 21.7 Å². The van der Waals surface area contributed by atoms with E-state index in [4.69, 9.17) is 0 Å². The molecule has 1 amide bonds. The molecule has 2 N–H and O–H groups in total. The summed E-state index contributed by atoms with van der Waals surface area (Å²) in [6.45, 7) is 2.55. The van der Waals surface area contributed by atoms with Crippen LogP contribution >= 0.6 is 11.3 Å². The molecule has 0 radical (unpaired) electrons. The van der Waals surface area contributed by atoms with E-state index in [1.807, 2.05) is 42.6 Å². The Balaban J connectivity index is 1.61. The zero-order valence-corrected chi connectivity index (χ0v) is 15.0. The number of carbonyl (C=O) groups is 1. The number of piperidine rings is 1. The lowest BCUT2D eigenvalue weighted by molar-refractivity contribution is 0.0950. The van der Waals surface area contributed by atoms with Crippen LogP contribution in [0.5, 0.6) is 0 Å². The van der Waals surface area contributed by atoms with Crippen LogP contribution in [0.3, 0.4) is 0 Å². The van der Waals surface area contributed by atoms with Gasteiger partial charge in [0.25, 0.3) is 5.91 Å². The first-order valence-corrected chi connectivity index (χ1v) is 9.22. The Morgan fingerprint density at radius 3 is 3.04 bits per heavy atom. The van der Waals surface area contributed by atoms with E-state index in [1.54, 1.807) is 11.3 Å². The molecule has 1 atom stereocenters. The number of rotatable bonds is 5. The van der Waals surface area contributed by atoms with Gasteiger partial charge in [0, 0.05) is 31.6 Å². The van der Waals surface area contributed by atoms with Crippen LogP contribution in [0.1, 0.15) is 40.4 Å². The lowest BCUT2D eigenvalue weighted by Crippen LogP contribution is -2.28. The highest BCUT2D eigenvalue weighted by Gasteiger charge is 2.16. The van der Waals surface area contributed by atoms with Crippen LogP contribution < -0.4 is 15.5 Å². The summed E-state index contributed by atoms with van der Waals surface area (Å²) in [4.78, 5) is 18.9. The van der Waals surface area contributed by atoms with Crippen LogP contribution in [0.25, 0.3) is 0 Å². The Morgan fingerprint density at radius 2 is 2.33 bits per heavy atom. The minimum absolute atomic E-state index is 0.0416. The molecule has 0 saturated carbocycles. The number of benzene rings is 1. The van der Waals surface area contributed by atoms with Gasteiger partial charge >= 0.3 is 0 Å². The van der Waals surface area contributed by atoms with Crippen molar-refractivity contribution in [2.24, 2.45) is 0 Å². The number of hydrogen-bond acceptors (Lipinski definition) is 5. The van der Waals surface area contributed by atoms with Crippen molar-refractivity contribution in [1.82, 2.24) is 15.6 Å². The zero-order chi connectivity index (χ0) is 16.9. The average molecular weight is 344 g/mol. The Morgan fingerprint density at radius 1 is 1.46 bits per heavy atom. The quantitative estimate of drug-likeness (QED) is 0.875. The summed E-state index contributed by atoms with van der Waals surface area (Å²) in [7, 11) is 3.93. The summed E-state index contributed by atoms with van der Waals surface area (Å²) in [5.41, 5.74) is 2.87. The van der Waals surface area contributed by atoms with Crippen molar-refractivity contribution in [3.63, 3.8) is 0 Å². The van der Waals surface area contributed by atoms with Crippen molar-refractivity contribution in [1.29, 1.82) is 0 Å². The second kappa shape index (κ2) is 7.77. The highest BCUT2D eigenvalue weighted by molar-refractivity contribution is 7.13. The monoisotopic (exact) mass is 344 g/mol. The van der Waals surface area contributed by atoms with E-state index in [9.17, 15) is 4.79 Å². The molecule has 1 aromatic heterocycles. The normalized spacial score (nSPS) is 17.5. The molecule has 1 saturated heterocycles. The summed E-state index contributed by atoms with van der Waals surface area (Å²) in [6, 6.07) is 8.00. The van der Waals surface area contributed by atoms with Crippen molar-refractivity contribution >= 4 is 22.4 Å².